The molecule has 0 aliphatic heterocycles. The number of aryl methyl sites for hydroxylation is 2. The van der Waals surface area contributed by atoms with Crippen LogP contribution in [0.2, 0.25) is 0 Å². The smallest absolute Gasteiger partial charge is 0.338 e. The minimum Gasteiger partial charge on any atom is -0.496 e. The fourth-order valence-electron chi connectivity index (χ4n) is 3.20. The van der Waals surface area contributed by atoms with Crippen molar-refractivity contribution in [2.75, 3.05) is 14.2 Å². The zero-order valence-electron chi connectivity index (χ0n) is 15.4. The largest absolute Gasteiger partial charge is 0.496 e. The van der Waals surface area contributed by atoms with Gasteiger partial charge in [0, 0.05) is 18.0 Å². The average Bonchev–Trinajstić information content (AvgIpc) is 2.67. The van der Waals surface area contributed by atoms with Gasteiger partial charge in [0.1, 0.15) is 5.75 Å². The first-order valence-corrected chi connectivity index (χ1v) is 8.33. The predicted molar refractivity (Wildman–Crippen MR) is 102 cm³/mol. The van der Waals surface area contributed by atoms with Crippen molar-refractivity contribution in [3.8, 4) is 28.0 Å². The number of methoxy groups -OCH3 is 2. The first-order valence-electron chi connectivity index (χ1n) is 8.33. The lowest BCUT2D eigenvalue weighted by Crippen LogP contribution is -2.06. The summed E-state index contributed by atoms with van der Waals surface area (Å²) in [5.74, 6) is 0.469. The zero-order valence-corrected chi connectivity index (χ0v) is 15.4. The van der Waals surface area contributed by atoms with Crippen molar-refractivity contribution in [1.82, 2.24) is 4.98 Å². The van der Waals surface area contributed by atoms with Gasteiger partial charge in [-0.3, -0.25) is 4.98 Å². The summed E-state index contributed by atoms with van der Waals surface area (Å²) in [6.07, 6.45) is 3.55. The lowest BCUT2D eigenvalue weighted by Gasteiger charge is -2.15. The molecule has 3 aromatic rings. The van der Waals surface area contributed by atoms with E-state index in [1.54, 1.807) is 19.5 Å². The molecular formula is C22H21NO3. The molecule has 0 amide bonds. The second kappa shape index (κ2) is 7.40. The van der Waals surface area contributed by atoms with Crippen molar-refractivity contribution in [3.63, 3.8) is 0 Å². The Hall–Kier alpha value is -3.14. The highest BCUT2D eigenvalue weighted by Crippen LogP contribution is 2.36. The molecule has 26 heavy (non-hydrogen) atoms. The lowest BCUT2D eigenvalue weighted by molar-refractivity contribution is 0.0599. The molecule has 0 unspecified atom stereocenters. The van der Waals surface area contributed by atoms with E-state index in [-0.39, 0.29) is 5.97 Å². The summed E-state index contributed by atoms with van der Waals surface area (Å²) in [5, 5.41) is 0. The third kappa shape index (κ3) is 3.31. The van der Waals surface area contributed by atoms with E-state index < -0.39 is 0 Å². The molecule has 0 bridgehead atoms. The van der Waals surface area contributed by atoms with Gasteiger partial charge in [0.2, 0.25) is 0 Å². The second-order valence-electron chi connectivity index (χ2n) is 6.13. The Bertz CT molecular complexity index is 926. The Labute approximate surface area is 153 Å². The van der Waals surface area contributed by atoms with Gasteiger partial charge in [0.15, 0.2) is 0 Å². The Morgan fingerprint density at radius 3 is 2.08 bits per heavy atom. The van der Waals surface area contributed by atoms with Gasteiger partial charge in [-0.05, 0) is 65.9 Å². The molecular weight excluding hydrogens is 326 g/mol. The van der Waals surface area contributed by atoms with Crippen LogP contribution in [0.1, 0.15) is 21.5 Å². The van der Waals surface area contributed by atoms with E-state index >= 15 is 0 Å². The first kappa shape index (κ1) is 17.7. The summed E-state index contributed by atoms with van der Waals surface area (Å²) in [7, 11) is 3.06. The van der Waals surface area contributed by atoms with Crippen molar-refractivity contribution < 1.29 is 14.3 Å². The van der Waals surface area contributed by atoms with Crippen LogP contribution in [-0.4, -0.2) is 25.2 Å². The molecule has 4 heteroatoms. The van der Waals surface area contributed by atoms with Crippen molar-refractivity contribution in [2.45, 2.75) is 13.8 Å². The van der Waals surface area contributed by atoms with Crippen LogP contribution in [0.3, 0.4) is 0 Å². The molecule has 0 radical (unpaired) electrons. The molecule has 0 spiro atoms. The van der Waals surface area contributed by atoms with E-state index in [1.807, 2.05) is 50.2 Å². The number of carbonyl (C=O) groups is 1. The number of carbonyl (C=O) groups excluding carboxylic acids is 1. The molecule has 132 valence electrons. The summed E-state index contributed by atoms with van der Waals surface area (Å²) in [6, 6.07) is 14.0. The topological polar surface area (TPSA) is 48.4 Å². The van der Waals surface area contributed by atoms with Crippen LogP contribution in [0.5, 0.6) is 5.75 Å². The van der Waals surface area contributed by atoms with Crippen LogP contribution >= 0.6 is 0 Å². The molecule has 2 aromatic carbocycles. The average molecular weight is 347 g/mol. The van der Waals surface area contributed by atoms with Gasteiger partial charge in [0.25, 0.3) is 0 Å². The minimum atomic E-state index is -0.316. The molecule has 0 aliphatic rings. The summed E-state index contributed by atoms with van der Waals surface area (Å²) in [5.41, 5.74) is 6.51. The standard InChI is InChI=1S/C22H21NO3/c1-14-11-18(12-15(2)21(14)22(24)26-4)19-13-17(5-6-20(19)25-3)16-7-9-23-10-8-16/h5-13H,1-4H3. The molecule has 4 nitrogen and oxygen atoms in total. The highest BCUT2D eigenvalue weighted by atomic mass is 16.5. The fraction of sp³-hybridized carbons (Fsp3) is 0.182. The van der Waals surface area contributed by atoms with Crippen LogP contribution in [-0.2, 0) is 4.74 Å². The number of benzene rings is 2. The van der Waals surface area contributed by atoms with Crippen LogP contribution in [0.4, 0.5) is 0 Å². The third-order valence-corrected chi connectivity index (χ3v) is 4.45. The number of hydrogen-bond acceptors (Lipinski definition) is 4. The monoisotopic (exact) mass is 347 g/mol. The van der Waals surface area contributed by atoms with Crippen LogP contribution in [0.25, 0.3) is 22.3 Å². The van der Waals surface area contributed by atoms with E-state index in [2.05, 4.69) is 11.1 Å². The number of esters is 1. The van der Waals surface area contributed by atoms with Gasteiger partial charge in [-0.2, -0.15) is 0 Å². The van der Waals surface area contributed by atoms with E-state index in [0.717, 1.165) is 39.1 Å². The fourth-order valence-corrected chi connectivity index (χ4v) is 3.20. The number of aromatic nitrogens is 1. The van der Waals surface area contributed by atoms with Gasteiger partial charge in [0.05, 0.1) is 19.8 Å². The van der Waals surface area contributed by atoms with Crippen molar-refractivity contribution in [2.24, 2.45) is 0 Å². The van der Waals surface area contributed by atoms with Crippen molar-refractivity contribution in [1.29, 1.82) is 0 Å². The summed E-state index contributed by atoms with van der Waals surface area (Å²) >= 11 is 0. The summed E-state index contributed by atoms with van der Waals surface area (Å²) < 4.78 is 10.5. The molecule has 3 rings (SSSR count). The van der Waals surface area contributed by atoms with E-state index in [0.29, 0.717) is 5.56 Å². The summed E-state index contributed by atoms with van der Waals surface area (Å²) in [6.45, 7) is 3.84. The number of rotatable bonds is 4. The van der Waals surface area contributed by atoms with Gasteiger partial charge in [-0.1, -0.05) is 18.2 Å². The number of pyridine rings is 1. The Kier molecular flexibility index (Phi) is 5.03. The number of ether oxygens (including phenoxy) is 2. The first-order chi connectivity index (χ1) is 12.5. The molecule has 0 saturated heterocycles. The highest BCUT2D eigenvalue weighted by molar-refractivity contribution is 5.94. The molecule has 0 saturated carbocycles. The normalized spacial score (nSPS) is 10.5. The third-order valence-electron chi connectivity index (χ3n) is 4.45. The van der Waals surface area contributed by atoms with E-state index in [1.165, 1.54) is 7.11 Å². The van der Waals surface area contributed by atoms with Gasteiger partial charge < -0.3 is 9.47 Å². The van der Waals surface area contributed by atoms with Crippen molar-refractivity contribution in [3.05, 3.63) is 71.5 Å². The predicted octanol–water partition coefficient (Wildman–Crippen LogP) is 4.83. The van der Waals surface area contributed by atoms with Crippen LogP contribution in [0, 0.1) is 13.8 Å². The number of nitrogens with zero attached hydrogens (tertiary/aromatic N) is 1. The Morgan fingerprint density at radius 2 is 1.50 bits per heavy atom. The van der Waals surface area contributed by atoms with E-state index in [4.69, 9.17) is 9.47 Å². The van der Waals surface area contributed by atoms with Crippen molar-refractivity contribution >= 4 is 5.97 Å². The molecule has 0 N–H and O–H groups in total. The maximum atomic E-state index is 12.0. The number of hydrogen-bond donors (Lipinski definition) is 0. The maximum absolute atomic E-state index is 12.0. The lowest BCUT2D eigenvalue weighted by atomic mass is 9.93. The molecule has 1 aromatic heterocycles. The Morgan fingerprint density at radius 1 is 0.846 bits per heavy atom. The summed E-state index contributed by atoms with van der Waals surface area (Å²) in [4.78, 5) is 16.1. The quantitative estimate of drug-likeness (QED) is 0.634. The van der Waals surface area contributed by atoms with Gasteiger partial charge in [-0.15, -0.1) is 0 Å². The molecule has 0 atom stereocenters. The zero-order chi connectivity index (χ0) is 18.7. The van der Waals surface area contributed by atoms with Gasteiger partial charge >= 0.3 is 5.97 Å². The van der Waals surface area contributed by atoms with Crippen LogP contribution < -0.4 is 4.74 Å². The SMILES string of the molecule is COC(=O)c1c(C)cc(-c2cc(-c3ccncc3)ccc2OC)cc1C. The maximum Gasteiger partial charge on any atom is 0.338 e. The minimum absolute atomic E-state index is 0.316. The molecule has 1 heterocycles. The van der Waals surface area contributed by atoms with Crippen LogP contribution in [0.15, 0.2) is 54.9 Å². The molecule has 0 fully saturated rings. The molecule has 0 aliphatic carbocycles. The second-order valence-corrected chi connectivity index (χ2v) is 6.13. The van der Waals surface area contributed by atoms with E-state index in [9.17, 15) is 4.79 Å². The van der Waals surface area contributed by atoms with Gasteiger partial charge in [-0.25, -0.2) is 4.79 Å². The Balaban J connectivity index is 2.15. The highest BCUT2D eigenvalue weighted by Gasteiger charge is 2.16.